The summed E-state index contributed by atoms with van der Waals surface area (Å²) >= 11 is 0. The van der Waals surface area contributed by atoms with E-state index >= 15 is 0 Å². The number of hydrogen-bond acceptors (Lipinski definition) is 5. The molecule has 1 fully saturated rings. The fourth-order valence-corrected chi connectivity index (χ4v) is 1.25. The van der Waals surface area contributed by atoms with E-state index in [2.05, 4.69) is 15.6 Å². The van der Waals surface area contributed by atoms with E-state index in [4.69, 9.17) is 4.52 Å². The normalized spacial score (nSPS) is 18.2. The van der Waals surface area contributed by atoms with Crippen LogP contribution < -0.4 is 10.4 Å². The number of rotatable bonds is 1. The second-order valence-corrected chi connectivity index (χ2v) is 2.89. The summed E-state index contributed by atoms with van der Waals surface area (Å²) in [6, 6.07) is 0.576. The zero-order valence-corrected chi connectivity index (χ0v) is 7.08. The molecular formula is C7H12N4O. The fourth-order valence-electron chi connectivity index (χ4n) is 1.25. The molecule has 0 bridgehead atoms. The van der Waals surface area contributed by atoms with Gasteiger partial charge in [-0.25, -0.2) is 5.43 Å². The van der Waals surface area contributed by atoms with E-state index in [-0.39, 0.29) is 0 Å². The minimum Gasteiger partial charge on any atom is -0.314 e. The Labute approximate surface area is 70.7 Å². The van der Waals surface area contributed by atoms with Crippen molar-refractivity contribution in [3.05, 3.63) is 5.82 Å². The smallest absolute Gasteiger partial charge is 0.314 e. The van der Waals surface area contributed by atoms with Crippen molar-refractivity contribution >= 4 is 6.01 Å². The maximum absolute atomic E-state index is 5.01. The first-order valence-corrected chi connectivity index (χ1v) is 4.17. The lowest BCUT2D eigenvalue weighted by atomic mass is 10.3. The molecule has 0 spiro atoms. The van der Waals surface area contributed by atoms with Crippen LogP contribution in [-0.4, -0.2) is 23.2 Å². The molecule has 0 aliphatic carbocycles. The van der Waals surface area contributed by atoms with Crippen LogP contribution in [-0.2, 0) is 0 Å². The first-order chi connectivity index (χ1) is 5.86. The minimum atomic E-state index is 0.576. The zero-order valence-electron chi connectivity index (χ0n) is 7.08. The van der Waals surface area contributed by atoms with Crippen molar-refractivity contribution in [2.45, 2.75) is 19.8 Å². The summed E-state index contributed by atoms with van der Waals surface area (Å²) in [5, 5.41) is 5.63. The Hall–Kier alpha value is -1.10. The standard InChI is InChI=1S/C7H12N4O/c1-6-9-7(12-10-6)11-5-3-2-4-8-11/h8H,2-5H2,1H3. The predicted octanol–water partition coefficient (Wildman–Crippen LogP) is 0.483. The van der Waals surface area contributed by atoms with Gasteiger partial charge in [0.05, 0.1) is 0 Å². The molecule has 0 saturated carbocycles. The van der Waals surface area contributed by atoms with Crippen molar-refractivity contribution in [3.63, 3.8) is 0 Å². The molecule has 0 amide bonds. The third kappa shape index (κ3) is 1.40. The maximum Gasteiger partial charge on any atom is 0.338 e. The molecule has 66 valence electrons. The largest absolute Gasteiger partial charge is 0.338 e. The average molecular weight is 168 g/mol. The summed E-state index contributed by atoms with van der Waals surface area (Å²) in [6.45, 7) is 3.75. The SMILES string of the molecule is Cc1noc(N2CCCCN2)n1. The molecular weight excluding hydrogens is 156 g/mol. The van der Waals surface area contributed by atoms with Crippen molar-refractivity contribution in [3.8, 4) is 0 Å². The third-order valence-corrected chi connectivity index (χ3v) is 1.86. The molecule has 0 unspecified atom stereocenters. The van der Waals surface area contributed by atoms with Gasteiger partial charge in [-0.05, 0) is 19.8 Å². The lowest BCUT2D eigenvalue weighted by Crippen LogP contribution is -2.43. The highest BCUT2D eigenvalue weighted by molar-refractivity contribution is 5.22. The van der Waals surface area contributed by atoms with Gasteiger partial charge in [0.2, 0.25) is 0 Å². The van der Waals surface area contributed by atoms with Crippen LogP contribution in [0.5, 0.6) is 0 Å². The molecule has 0 aromatic carbocycles. The van der Waals surface area contributed by atoms with Crippen molar-refractivity contribution in [2.75, 3.05) is 18.1 Å². The molecule has 1 aliphatic rings. The number of anilines is 1. The van der Waals surface area contributed by atoms with Crippen LogP contribution in [0.1, 0.15) is 18.7 Å². The van der Waals surface area contributed by atoms with E-state index in [9.17, 15) is 0 Å². The van der Waals surface area contributed by atoms with Crippen molar-refractivity contribution in [2.24, 2.45) is 0 Å². The van der Waals surface area contributed by atoms with Gasteiger partial charge in [0.25, 0.3) is 0 Å². The molecule has 0 atom stereocenters. The Morgan fingerprint density at radius 1 is 1.50 bits per heavy atom. The summed E-state index contributed by atoms with van der Waals surface area (Å²) in [5.41, 5.74) is 3.19. The number of nitrogens with zero attached hydrogens (tertiary/aromatic N) is 3. The van der Waals surface area contributed by atoms with Gasteiger partial charge in [0.15, 0.2) is 5.82 Å². The Morgan fingerprint density at radius 2 is 2.42 bits per heavy atom. The third-order valence-electron chi connectivity index (χ3n) is 1.86. The Kier molecular flexibility index (Phi) is 1.95. The molecule has 2 heterocycles. The molecule has 1 aliphatic heterocycles. The number of nitrogens with one attached hydrogen (secondary N) is 1. The van der Waals surface area contributed by atoms with Crippen LogP contribution in [0, 0.1) is 6.92 Å². The highest BCUT2D eigenvalue weighted by Gasteiger charge is 2.15. The van der Waals surface area contributed by atoms with E-state index in [0.717, 1.165) is 13.1 Å². The molecule has 1 N–H and O–H groups in total. The lowest BCUT2D eigenvalue weighted by molar-refractivity contribution is 0.380. The van der Waals surface area contributed by atoms with Gasteiger partial charge in [-0.1, -0.05) is 5.16 Å². The quantitative estimate of drug-likeness (QED) is 0.661. The van der Waals surface area contributed by atoms with Crippen molar-refractivity contribution in [1.82, 2.24) is 15.6 Å². The zero-order chi connectivity index (χ0) is 8.39. The molecule has 1 aromatic heterocycles. The van der Waals surface area contributed by atoms with Gasteiger partial charge >= 0.3 is 6.01 Å². The highest BCUT2D eigenvalue weighted by Crippen LogP contribution is 2.11. The molecule has 12 heavy (non-hydrogen) atoms. The van der Waals surface area contributed by atoms with Crippen LogP contribution in [0.15, 0.2) is 4.52 Å². The summed E-state index contributed by atoms with van der Waals surface area (Å²) in [6.07, 6.45) is 2.39. The van der Waals surface area contributed by atoms with Gasteiger partial charge in [-0.15, -0.1) is 0 Å². The number of aryl methyl sites for hydroxylation is 1. The number of hydrogen-bond donors (Lipinski definition) is 1. The van der Waals surface area contributed by atoms with E-state index < -0.39 is 0 Å². The van der Waals surface area contributed by atoms with Crippen LogP contribution in [0.25, 0.3) is 0 Å². The van der Waals surface area contributed by atoms with E-state index in [1.165, 1.54) is 12.8 Å². The van der Waals surface area contributed by atoms with Gasteiger partial charge in [0.1, 0.15) is 0 Å². The van der Waals surface area contributed by atoms with Gasteiger partial charge in [0, 0.05) is 13.1 Å². The van der Waals surface area contributed by atoms with E-state index in [0.29, 0.717) is 11.8 Å². The Morgan fingerprint density at radius 3 is 3.00 bits per heavy atom. The molecule has 0 radical (unpaired) electrons. The average Bonchev–Trinajstić information content (AvgIpc) is 2.54. The van der Waals surface area contributed by atoms with Crippen LogP contribution in [0.4, 0.5) is 6.01 Å². The topological polar surface area (TPSA) is 54.2 Å². The molecule has 5 nitrogen and oxygen atoms in total. The summed E-state index contributed by atoms with van der Waals surface area (Å²) in [5.74, 6) is 0.678. The van der Waals surface area contributed by atoms with Crippen LogP contribution >= 0.6 is 0 Å². The van der Waals surface area contributed by atoms with Crippen molar-refractivity contribution < 1.29 is 4.52 Å². The molecule has 5 heteroatoms. The minimum absolute atomic E-state index is 0.576. The van der Waals surface area contributed by atoms with E-state index in [1.54, 1.807) is 0 Å². The maximum atomic E-state index is 5.01. The summed E-state index contributed by atoms with van der Waals surface area (Å²) in [7, 11) is 0. The van der Waals surface area contributed by atoms with Crippen LogP contribution in [0.2, 0.25) is 0 Å². The van der Waals surface area contributed by atoms with E-state index in [1.807, 2.05) is 11.9 Å². The predicted molar refractivity (Wildman–Crippen MR) is 43.6 cm³/mol. The number of aromatic nitrogens is 2. The van der Waals surface area contributed by atoms with Gasteiger partial charge in [-0.2, -0.15) is 4.98 Å². The van der Waals surface area contributed by atoms with Gasteiger partial charge < -0.3 is 4.52 Å². The fraction of sp³-hybridized carbons (Fsp3) is 0.714. The molecule has 2 rings (SSSR count). The van der Waals surface area contributed by atoms with Crippen molar-refractivity contribution in [1.29, 1.82) is 0 Å². The number of hydrazine groups is 1. The first-order valence-electron chi connectivity index (χ1n) is 4.17. The van der Waals surface area contributed by atoms with Gasteiger partial charge in [-0.3, -0.25) is 5.01 Å². The Bertz CT molecular complexity index is 254. The molecule has 1 saturated heterocycles. The lowest BCUT2D eigenvalue weighted by Gasteiger charge is -2.24. The van der Waals surface area contributed by atoms with Crippen LogP contribution in [0.3, 0.4) is 0 Å². The second kappa shape index (κ2) is 3.10. The molecule has 1 aromatic rings. The summed E-state index contributed by atoms with van der Waals surface area (Å²) < 4.78 is 5.01. The highest BCUT2D eigenvalue weighted by atomic mass is 16.5. The Balaban J connectivity index is 2.08. The summed E-state index contributed by atoms with van der Waals surface area (Å²) in [4.78, 5) is 4.12. The first kappa shape index (κ1) is 7.54. The second-order valence-electron chi connectivity index (χ2n) is 2.89. The monoisotopic (exact) mass is 168 g/mol.